The molecule has 8 fully saturated rings. The molecule has 0 spiro atoms. The second kappa shape index (κ2) is 18.7. The van der Waals surface area contributed by atoms with E-state index in [1.165, 1.54) is 49.7 Å². The van der Waals surface area contributed by atoms with E-state index >= 15 is 0 Å². The van der Waals surface area contributed by atoms with Crippen LogP contribution in [0, 0.1) is 66.0 Å². The van der Waals surface area contributed by atoms with E-state index in [0.717, 1.165) is 132 Å². The SMILES string of the molecule is C.C1CCCC1.CC1=C(O)C(=O)C=C2C1=CC=C1[C@@]2(C)CC[C@@]2(C)[C@@H]3C[C@](C)(C(=O)N4CCCC4)CC[C@]3(C)CC[C@]12C.CC1=C(O)C(=O)C=C2C1=CC=C1[C@@]2(C)CC[C@@]2(C)[C@@H]3C[C@](C)(C(=O)O)CC[C@]3(C)CC[C@]12C. The van der Waals surface area contributed by atoms with Crippen molar-refractivity contribution in [2.75, 3.05) is 13.1 Å². The molecular formula is C68H97NO7. The van der Waals surface area contributed by atoms with Gasteiger partial charge in [0, 0.05) is 40.5 Å². The Bertz CT molecular complexity index is 2760. The van der Waals surface area contributed by atoms with Crippen LogP contribution in [0.15, 0.2) is 92.6 Å². The predicted molar refractivity (Wildman–Crippen MR) is 305 cm³/mol. The number of hydrogen-bond acceptors (Lipinski definition) is 6. The molecule has 11 aliphatic carbocycles. The summed E-state index contributed by atoms with van der Waals surface area (Å²) in [5, 5.41) is 30.7. The van der Waals surface area contributed by atoms with Crippen molar-refractivity contribution in [1.82, 2.24) is 4.90 Å². The zero-order valence-electron chi connectivity index (χ0n) is 48.3. The Kier molecular flexibility index (Phi) is 13.9. The van der Waals surface area contributed by atoms with Crippen LogP contribution in [-0.4, -0.2) is 56.8 Å². The van der Waals surface area contributed by atoms with Crippen molar-refractivity contribution in [3.63, 3.8) is 0 Å². The van der Waals surface area contributed by atoms with Gasteiger partial charge in [-0.05, 0) is 202 Å². The second-order valence-electron chi connectivity index (χ2n) is 29.3. The first-order valence-electron chi connectivity index (χ1n) is 29.7. The second-order valence-corrected chi connectivity index (χ2v) is 29.3. The summed E-state index contributed by atoms with van der Waals surface area (Å²) in [6.45, 7) is 29.2. The number of aliphatic carboxylic acids is 1. The fraction of sp³-hybridized carbons (Fsp3) is 0.706. The number of carboxylic acids is 1. The number of ketones is 2. The first kappa shape index (κ1) is 56.5. The molecule has 0 radical (unpaired) electrons. The summed E-state index contributed by atoms with van der Waals surface area (Å²) in [5.41, 5.74) is 7.52. The summed E-state index contributed by atoms with van der Waals surface area (Å²) in [7, 11) is 0. The molecule has 0 aromatic heterocycles. The summed E-state index contributed by atoms with van der Waals surface area (Å²) in [4.78, 5) is 53.5. The lowest BCUT2D eigenvalue weighted by Crippen LogP contribution is -2.62. The van der Waals surface area contributed by atoms with Crippen molar-refractivity contribution < 1.29 is 34.5 Å². The monoisotopic (exact) mass is 1040 g/mol. The van der Waals surface area contributed by atoms with Gasteiger partial charge in [-0.2, -0.15) is 0 Å². The highest BCUT2D eigenvalue weighted by atomic mass is 16.4. The first-order valence-corrected chi connectivity index (χ1v) is 29.7. The molecule has 0 aromatic carbocycles. The normalized spacial score (nSPS) is 43.9. The topological polar surface area (TPSA) is 132 Å². The van der Waals surface area contributed by atoms with Gasteiger partial charge >= 0.3 is 5.97 Å². The Balaban J connectivity index is 0.000000169. The van der Waals surface area contributed by atoms with Crippen LogP contribution in [0.2, 0.25) is 0 Å². The van der Waals surface area contributed by atoms with Crippen molar-refractivity contribution in [2.45, 2.75) is 225 Å². The number of aliphatic hydroxyl groups is 2. The van der Waals surface area contributed by atoms with Crippen molar-refractivity contribution in [3.8, 4) is 0 Å². The Morgan fingerprint density at radius 1 is 0.500 bits per heavy atom. The number of carbonyl (C=O) groups excluding carboxylic acids is 3. The summed E-state index contributed by atoms with van der Waals surface area (Å²) in [6.07, 6.45) is 36.3. The molecule has 416 valence electrons. The number of allylic oxidation sites excluding steroid dienone is 14. The quantitative estimate of drug-likeness (QED) is 0.251. The Labute approximate surface area is 457 Å². The van der Waals surface area contributed by atoms with E-state index < -0.39 is 11.4 Å². The van der Waals surface area contributed by atoms with Crippen LogP contribution >= 0.6 is 0 Å². The highest BCUT2D eigenvalue weighted by Gasteiger charge is 2.69. The average molecular weight is 1040 g/mol. The Morgan fingerprint density at radius 2 is 0.868 bits per heavy atom. The van der Waals surface area contributed by atoms with Gasteiger partial charge in [0.05, 0.1) is 5.41 Å². The molecule has 8 heteroatoms. The number of likely N-dealkylation sites (tertiary alicyclic amines) is 1. The van der Waals surface area contributed by atoms with E-state index in [4.69, 9.17) is 0 Å². The molecule has 3 N–H and O–H groups in total. The number of nitrogens with zero attached hydrogens (tertiary/aromatic N) is 1. The predicted octanol–water partition coefficient (Wildman–Crippen LogP) is 16.5. The first-order chi connectivity index (χ1) is 35.0. The summed E-state index contributed by atoms with van der Waals surface area (Å²) in [5.74, 6) is -0.207. The molecule has 1 saturated heterocycles. The number of amides is 1. The highest BCUT2D eigenvalue weighted by molar-refractivity contribution is 6.07. The van der Waals surface area contributed by atoms with Gasteiger partial charge in [-0.25, -0.2) is 0 Å². The fourth-order valence-electron chi connectivity index (χ4n) is 19.5. The molecule has 1 amide bonds. The van der Waals surface area contributed by atoms with E-state index in [1.54, 1.807) is 12.2 Å². The summed E-state index contributed by atoms with van der Waals surface area (Å²) >= 11 is 0. The maximum Gasteiger partial charge on any atom is 0.309 e. The molecule has 12 aliphatic rings. The number of rotatable bonds is 2. The van der Waals surface area contributed by atoms with E-state index in [2.05, 4.69) is 91.5 Å². The Morgan fingerprint density at radius 3 is 1.26 bits per heavy atom. The largest absolute Gasteiger partial charge is 0.504 e. The van der Waals surface area contributed by atoms with Crippen molar-refractivity contribution in [1.29, 1.82) is 0 Å². The van der Waals surface area contributed by atoms with E-state index in [-0.39, 0.29) is 79.2 Å². The van der Waals surface area contributed by atoms with Crippen LogP contribution in [0.3, 0.4) is 0 Å². The average Bonchev–Trinajstić information content (AvgIpc) is 4.15. The molecule has 1 aliphatic heterocycles. The van der Waals surface area contributed by atoms with Gasteiger partial charge < -0.3 is 20.2 Å². The molecule has 7 saturated carbocycles. The molecular weight excluding hydrogens is 943 g/mol. The Hall–Kier alpha value is -4.20. The third-order valence-electron chi connectivity index (χ3n) is 25.4. The molecule has 76 heavy (non-hydrogen) atoms. The van der Waals surface area contributed by atoms with Gasteiger partial charge in [0.1, 0.15) is 0 Å². The molecule has 0 aromatic rings. The van der Waals surface area contributed by atoms with Gasteiger partial charge in [-0.1, -0.05) is 137 Å². The lowest BCUT2D eigenvalue weighted by atomic mass is 9.34. The molecule has 0 unspecified atom stereocenters. The zero-order valence-corrected chi connectivity index (χ0v) is 48.3. The molecule has 0 bridgehead atoms. The number of fused-ring (bicyclic) bond motifs is 14. The third-order valence-corrected chi connectivity index (χ3v) is 25.4. The lowest BCUT2D eigenvalue weighted by molar-refractivity contribution is -0.178. The van der Waals surface area contributed by atoms with Gasteiger partial charge in [0.25, 0.3) is 0 Å². The van der Waals surface area contributed by atoms with Crippen molar-refractivity contribution in [2.24, 2.45) is 66.0 Å². The van der Waals surface area contributed by atoms with Crippen molar-refractivity contribution in [3.05, 3.63) is 92.6 Å². The lowest BCUT2D eigenvalue weighted by Gasteiger charge is -2.70. The number of aliphatic hydroxyl groups excluding tert-OH is 2. The maximum atomic E-state index is 13.8. The van der Waals surface area contributed by atoms with Crippen LogP contribution in [0.1, 0.15) is 225 Å². The van der Waals surface area contributed by atoms with Crippen LogP contribution in [-0.2, 0) is 19.2 Å². The molecule has 8 nitrogen and oxygen atoms in total. The highest BCUT2D eigenvalue weighted by Crippen LogP contribution is 2.77. The van der Waals surface area contributed by atoms with Gasteiger partial charge in [-0.15, -0.1) is 0 Å². The number of hydrogen-bond donors (Lipinski definition) is 3. The number of carboxylic acid groups (broad SMARTS) is 1. The molecule has 12 atom stereocenters. The minimum Gasteiger partial charge on any atom is -0.504 e. The summed E-state index contributed by atoms with van der Waals surface area (Å²) < 4.78 is 0. The van der Waals surface area contributed by atoms with Crippen molar-refractivity contribution >= 4 is 23.4 Å². The van der Waals surface area contributed by atoms with E-state index in [9.17, 15) is 34.5 Å². The number of carbonyl (C=O) groups is 4. The standard InChI is InChI=1S/C33H45NO3.C29H38O4.C5H10.CH4/c1-21-22-9-10-25-31(4,23(22)19-24(35)27(21)36)14-16-33(6)26-20-30(3,28(37)34-17-7-8-18-34)12-11-29(26,2)13-15-32(25,33)5;1-17-18-7-8-21-27(4,19(18)15-20(30)23(17)31)12-14-29(6)22-16-26(3,24(32)33)10-9-25(22,2)11-13-28(21,29)5;1-2-4-5-3-1;/h9-10,19,26,36H,7-8,11-18,20H2,1-6H3;7-8,15,22,31H,9-14,16H2,1-6H3,(H,32,33);1-5H2;1H4/t26-,29-,30-,31+,32-,33+;22-,25-,26-,27+,28-,29+;;/m11../s1. The van der Waals surface area contributed by atoms with Gasteiger partial charge in [0.2, 0.25) is 17.5 Å². The smallest absolute Gasteiger partial charge is 0.309 e. The molecule has 12 rings (SSSR count). The minimum atomic E-state index is -0.655. The van der Waals surface area contributed by atoms with E-state index in [1.807, 2.05) is 20.8 Å². The fourth-order valence-corrected chi connectivity index (χ4v) is 19.5. The zero-order chi connectivity index (χ0) is 54.3. The van der Waals surface area contributed by atoms with Gasteiger partial charge in [0.15, 0.2) is 11.5 Å². The molecule has 1 heterocycles. The van der Waals surface area contributed by atoms with Gasteiger partial charge in [-0.3, -0.25) is 19.2 Å². The summed E-state index contributed by atoms with van der Waals surface area (Å²) in [6, 6.07) is 0. The van der Waals surface area contributed by atoms with E-state index in [0.29, 0.717) is 28.9 Å². The van der Waals surface area contributed by atoms with Crippen LogP contribution in [0.4, 0.5) is 0 Å². The van der Waals surface area contributed by atoms with Crippen LogP contribution < -0.4 is 0 Å². The van der Waals surface area contributed by atoms with Crippen LogP contribution in [0.5, 0.6) is 0 Å². The third kappa shape index (κ3) is 7.95. The minimum absolute atomic E-state index is 0. The van der Waals surface area contributed by atoms with Crippen LogP contribution in [0.25, 0.3) is 0 Å². The maximum absolute atomic E-state index is 13.8.